The highest BCUT2D eigenvalue weighted by Gasteiger charge is 2.21. The van der Waals surface area contributed by atoms with Gasteiger partial charge in [0, 0.05) is 28.5 Å². The largest absolute Gasteiger partial charge is 0.375 e. The minimum Gasteiger partial charge on any atom is -0.375 e. The van der Waals surface area contributed by atoms with Crippen molar-refractivity contribution in [2.24, 2.45) is 0 Å². The zero-order valence-electron chi connectivity index (χ0n) is 15.8. The lowest BCUT2D eigenvalue weighted by Crippen LogP contribution is -2.45. The number of aromatic amines is 1. The first kappa shape index (κ1) is 20.6. The molecular formula is C20H20BrN3O3S2. The Morgan fingerprint density at radius 1 is 1.41 bits per heavy atom. The first-order valence-corrected chi connectivity index (χ1v) is 12.1. The van der Waals surface area contributed by atoms with Crippen molar-refractivity contribution in [1.82, 2.24) is 14.9 Å². The summed E-state index contributed by atoms with van der Waals surface area (Å²) in [7, 11) is 0. The molecule has 1 aliphatic rings. The van der Waals surface area contributed by atoms with Crippen molar-refractivity contribution < 1.29 is 9.53 Å². The molecule has 1 amide bonds. The second-order valence-corrected chi connectivity index (χ2v) is 9.62. The fraction of sp³-hybridized carbons (Fsp3) is 0.350. The van der Waals surface area contributed by atoms with Crippen molar-refractivity contribution in [3.8, 4) is 11.1 Å². The molecule has 4 rings (SSSR count). The van der Waals surface area contributed by atoms with E-state index >= 15 is 0 Å². The number of nitrogens with zero attached hydrogens (tertiary/aromatic N) is 2. The van der Waals surface area contributed by atoms with Gasteiger partial charge in [-0.2, -0.15) is 0 Å². The number of fused-ring (bicyclic) bond motifs is 1. The van der Waals surface area contributed by atoms with Gasteiger partial charge in [0.15, 0.2) is 0 Å². The number of aromatic nitrogens is 2. The number of nitrogens with one attached hydrogen (secondary N) is 1. The number of halogens is 1. The lowest BCUT2D eigenvalue weighted by atomic mass is 10.1. The molecular weight excluding hydrogens is 474 g/mol. The van der Waals surface area contributed by atoms with Crippen molar-refractivity contribution in [3.63, 3.8) is 0 Å². The van der Waals surface area contributed by atoms with Gasteiger partial charge in [-0.1, -0.05) is 28.1 Å². The highest BCUT2D eigenvalue weighted by Crippen LogP contribution is 2.31. The van der Waals surface area contributed by atoms with Crippen molar-refractivity contribution in [2.45, 2.75) is 18.8 Å². The van der Waals surface area contributed by atoms with Crippen LogP contribution in [0.3, 0.4) is 0 Å². The number of hydrogen-bond acceptors (Lipinski definition) is 6. The topological polar surface area (TPSA) is 75.3 Å². The van der Waals surface area contributed by atoms with Crippen LogP contribution < -0.4 is 5.56 Å². The van der Waals surface area contributed by atoms with Gasteiger partial charge in [0.1, 0.15) is 10.7 Å². The van der Waals surface area contributed by atoms with Gasteiger partial charge < -0.3 is 14.6 Å². The molecule has 2 aromatic heterocycles. The zero-order valence-corrected chi connectivity index (χ0v) is 19.0. The number of ether oxygens (including phenoxy) is 1. The Morgan fingerprint density at radius 3 is 2.97 bits per heavy atom. The number of carbonyl (C=O) groups excluding carboxylic acids is 1. The summed E-state index contributed by atoms with van der Waals surface area (Å²) in [6.07, 6.45) is 0.0804. The van der Waals surface area contributed by atoms with Crippen LogP contribution in [0.5, 0.6) is 0 Å². The van der Waals surface area contributed by atoms with Crippen LogP contribution >= 0.6 is 39.0 Å². The molecule has 1 aliphatic heterocycles. The monoisotopic (exact) mass is 493 g/mol. The molecule has 0 saturated carbocycles. The van der Waals surface area contributed by atoms with Gasteiger partial charge in [0.25, 0.3) is 5.56 Å². The van der Waals surface area contributed by atoms with Crippen molar-refractivity contribution >= 4 is 55.2 Å². The van der Waals surface area contributed by atoms with E-state index in [9.17, 15) is 9.59 Å². The van der Waals surface area contributed by atoms with Gasteiger partial charge in [-0.05, 0) is 24.6 Å². The van der Waals surface area contributed by atoms with Crippen LogP contribution in [-0.2, 0) is 15.3 Å². The molecule has 1 aromatic carbocycles. The smallest absolute Gasteiger partial charge is 0.260 e. The number of amides is 1. The summed E-state index contributed by atoms with van der Waals surface area (Å²) in [5.74, 6) is 1.55. The quantitative estimate of drug-likeness (QED) is 0.583. The molecule has 9 heteroatoms. The molecule has 1 N–H and O–H groups in total. The normalized spacial score (nSPS) is 17.0. The van der Waals surface area contributed by atoms with Gasteiger partial charge in [0.05, 0.1) is 29.6 Å². The summed E-state index contributed by atoms with van der Waals surface area (Å²) < 4.78 is 6.47. The predicted molar refractivity (Wildman–Crippen MR) is 122 cm³/mol. The molecule has 3 heterocycles. The van der Waals surface area contributed by atoms with E-state index in [0.717, 1.165) is 20.4 Å². The van der Waals surface area contributed by atoms with E-state index in [1.54, 1.807) is 0 Å². The number of benzene rings is 1. The standard InChI is InChI=1S/C20H20BrN3O3S2/c1-12-8-24(6-7-27-12)17(25)11-28-10-16-22-19(26)18-15(9-29-20(18)23-16)13-2-4-14(21)5-3-13/h2-5,9,12H,6-8,10-11H2,1H3,(H,22,23,26)/t12-/m1/s1. The third-order valence-electron chi connectivity index (χ3n) is 4.71. The molecule has 0 spiro atoms. The van der Waals surface area contributed by atoms with E-state index in [1.165, 1.54) is 23.1 Å². The van der Waals surface area contributed by atoms with E-state index < -0.39 is 0 Å². The summed E-state index contributed by atoms with van der Waals surface area (Å²) in [5, 5.41) is 2.58. The summed E-state index contributed by atoms with van der Waals surface area (Å²) in [5.41, 5.74) is 1.74. The minimum atomic E-state index is -0.141. The maximum Gasteiger partial charge on any atom is 0.260 e. The molecule has 0 bridgehead atoms. The van der Waals surface area contributed by atoms with E-state index in [-0.39, 0.29) is 17.6 Å². The lowest BCUT2D eigenvalue weighted by Gasteiger charge is -2.31. The third kappa shape index (κ3) is 4.74. The molecule has 1 fully saturated rings. The predicted octanol–water partition coefficient (Wildman–Crippen LogP) is 3.89. The first-order chi connectivity index (χ1) is 14.0. The van der Waals surface area contributed by atoms with E-state index in [1.807, 2.05) is 41.5 Å². The Bertz CT molecular complexity index is 1080. The third-order valence-corrected chi connectivity index (χ3v) is 7.04. The molecule has 1 saturated heterocycles. The summed E-state index contributed by atoms with van der Waals surface area (Å²) in [6, 6.07) is 7.87. The molecule has 0 aliphatic carbocycles. The van der Waals surface area contributed by atoms with Crippen molar-refractivity contribution in [2.75, 3.05) is 25.4 Å². The maximum atomic E-state index is 12.7. The Morgan fingerprint density at radius 2 is 2.21 bits per heavy atom. The maximum absolute atomic E-state index is 12.7. The minimum absolute atomic E-state index is 0.0804. The van der Waals surface area contributed by atoms with Crippen LogP contribution in [0.1, 0.15) is 12.7 Å². The van der Waals surface area contributed by atoms with Crippen LogP contribution in [0.4, 0.5) is 0 Å². The first-order valence-electron chi connectivity index (χ1n) is 9.24. The number of thiophene rings is 1. The Kier molecular flexibility index (Phi) is 6.38. The van der Waals surface area contributed by atoms with Gasteiger partial charge in [-0.3, -0.25) is 9.59 Å². The Hall–Kier alpha value is -1.68. The fourth-order valence-corrected chi connectivity index (χ4v) is 5.30. The Labute approximate surface area is 184 Å². The molecule has 1 atom stereocenters. The fourth-order valence-electron chi connectivity index (χ4n) is 3.28. The number of rotatable bonds is 5. The van der Waals surface area contributed by atoms with Crippen LogP contribution in [0.15, 0.2) is 38.9 Å². The molecule has 6 nitrogen and oxygen atoms in total. The highest BCUT2D eigenvalue weighted by molar-refractivity contribution is 9.10. The van der Waals surface area contributed by atoms with E-state index in [0.29, 0.717) is 42.4 Å². The van der Waals surface area contributed by atoms with Crippen LogP contribution in [0.25, 0.3) is 21.3 Å². The second-order valence-electron chi connectivity index (χ2n) is 6.86. The number of morpholine rings is 1. The number of H-pyrrole nitrogens is 1. The second kappa shape index (κ2) is 8.99. The number of thioether (sulfide) groups is 1. The summed E-state index contributed by atoms with van der Waals surface area (Å²) >= 11 is 6.36. The highest BCUT2D eigenvalue weighted by atomic mass is 79.9. The van der Waals surface area contributed by atoms with Crippen molar-refractivity contribution in [1.29, 1.82) is 0 Å². The van der Waals surface area contributed by atoms with Crippen LogP contribution in [0.2, 0.25) is 0 Å². The molecule has 3 aromatic rings. The SMILES string of the molecule is C[C@@H]1CN(C(=O)CSCc2nc3scc(-c4ccc(Br)cc4)c3c(=O)[nH]2)CCO1. The lowest BCUT2D eigenvalue weighted by molar-refractivity contribution is -0.135. The average molecular weight is 494 g/mol. The summed E-state index contributed by atoms with van der Waals surface area (Å²) in [4.78, 5) is 35.1. The zero-order chi connectivity index (χ0) is 20.4. The number of hydrogen-bond donors (Lipinski definition) is 1. The average Bonchev–Trinajstić information content (AvgIpc) is 3.13. The number of carbonyl (C=O) groups is 1. The van der Waals surface area contributed by atoms with Gasteiger partial charge in [0.2, 0.25) is 5.91 Å². The van der Waals surface area contributed by atoms with E-state index in [4.69, 9.17) is 4.74 Å². The molecule has 0 unspecified atom stereocenters. The van der Waals surface area contributed by atoms with Crippen LogP contribution in [0, 0.1) is 0 Å². The Balaban J connectivity index is 1.45. The van der Waals surface area contributed by atoms with E-state index in [2.05, 4.69) is 25.9 Å². The molecule has 29 heavy (non-hydrogen) atoms. The van der Waals surface area contributed by atoms with Crippen molar-refractivity contribution in [3.05, 3.63) is 50.3 Å². The van der Waals surface area contributed by atoms with Gasteiger partial charge in [-0.25, -0.2) is 4.98 Å². The molecule has 152 valence electrons. The van der Waals surface area contributed by atoms with Gasteiger partial charge >= 0.3 is 0 Å². The van der Waals surface area contributed by atoms with Crippen LogP contribution in [-0.4, -0.2) is 52.3 Å². The van der Waals surface area contributed by atoms with Gasteiger partial charge in [-0.15, -0.1) is 23.1 Å². The summed E-state index contributed by atoms with van der Waals surface area (Å²) in [6.45, 7) is 3.83. The molecule has 0 radical (unpaired) electrons.